The van der Waals surface area contributed by atoms with Crippen molar-refractivity contribution in [1.29, 1.82) is 0 Å². The second-order valence-corrected chi connectivity index (χ2v) is 8.36. The molecule has 1 heterocycles. The maximum atomic E-state index is 13.3. The predicted octanol–water partition coefficient (Wildman–Crippen LogP) is 1.44. The Morgan fingerprint density at radius 1 is 1.37 bits per heavy atom. The van der Waals surface area contributed by atoms with Gasteiger partial charge in [-0.25, -0.2) is 17.5 Å². The van der Waals surface area contributed by atoms with E-state index in [9.17, 15) is 12.8 Å². The SMILES string of the molecule is CN=C(NCCNS(C)(=O)=O)NC1CCCN(c2ccc(F)cc2C)C1.I. The highest BCUT2D eigenvalue weighted by Crippen LogP contribution is 2.24. The van der Waals surface area contributed by atoms with Gasteiger partial charge in [0.1, 0.15) is 5.82 Å². The number of anilines is 1. The molecule has 1 aromatic rings. The molecule has 1 aliphatic heterocycles. The summed E-state index contributed by atoms with van der Waals surface area (Å²) in [5, 5.41) is 6.49. The fourth-order valence-corrected chi connectivity index (χ4v) is 3.57. The van der Waals surface area contributed by atoms with Crippen LogP contribution in [-0.4, -0.2) is 59.9 Å². The van der Waals surface area contributed by atoms with E-state index in [0.29, 0.717) is 19.0 Å². The minimum absolute atomic E-state index is 0. The van der Waals surface area contributed by atoms with Crippen molar-refractivity contribution in [2.75, 3.05) is 44.4 Å². The number of nitrogens with one attached hydrogen (secondary N) is 3. The Balaban J connectivity index is 0.00000364. The first-order valence-electron chi connectivity index (χ1n) is 8.71. The summed E-state index contributed by atoms with van der Waals surface area (Å²) in [5.74, 6) is 0.424. The zero-order valence-electron chi connectivity index (χ0n) is 16.0. The van der Waals surface area contributed by atoms with Crippen molar-refractivity contribution >= 4 is 45.6 Å². The smallest absolute Gasteiger partial charge is 0.208 e. The topological polar surface area (TPSA) is 85.8 Å². The third-order valence-electron chi connectivity index (χ3n) is 4.27. The van der Waals surface area contributed by atoms with Crippen LogP contribution in [0.1, 0.15) is 18.4 Å². The number of hydrogen-bond acceptors (Lipinski definition) is 4. The van der Waals surface area contributed by atoms with Gasteiger partial charge in [0.15, 0.2) is 5.96 Å². The van der Waals surface area contributed by atoms with Gasteiger partial charge in [-0.15, -0.1) is 24.0 Å². The van der Waals surface area contributed by atoms with E-state index in [1.54, 1.807) is 13.1 Å². The van der Waals surface area contributed by atoms with E-state index in [1.807, 2.05) is 13.0 Å². The molecule has 1 aromatic carbocycles. The first kappa shape index (κ1) is 23.9. The molecule has 0 amide bonds. The third kappa shape index (κ3) is 8.18. The van der Waals surface area contributed by atoms with Gasteiger partial charge in [0.05, 0.1) is 6.26 Å². The van der Waals surface area contributed by atoms with Gasteiger partial charge in [-0.1, -0.05) is 0 Å². The fourth-order valence-electron chi connectivity index (χ4n) is 3.09. The van der Waals surface area contributed by atoms with Crippen LogP contribution in [-0.2, 0) is 10.0 Å². The Morgan fingerprint density at radius 3 is 2.74 bits per heavy atom. The lowest BCUT2D eigenvalue weighted by Crippen LogP contribution is -2.52. The molecule has 0 aliphatic carbocycles. The highest BCUT2D eigenvalue weighted by atomic mass is 127. The first-order valence-corrected chi connectivity index (χ1v) is 10.6. The highest BCUT2D eigenvalue weighted by molar-refractivity contribution is 14.0. The molecule has 3 N–H and O–H groups in total. The predicted molar refractivity (Wildman–Crippen MR) is 119 cm³/mol. The van der Waals surface area contributed by atoms with Gasteiger partial charge in [0, 0.05) is 45.0 Å². The van der Waals surface area contributed by atoms with E-state index < -0.39 is 10.0 Å². The third-order valence-corrected chi connectivity index (χ3v) is 5.00. The van der Waals surface area contributed by atoms with Crippen LogP contribution in [0, 0.1) is 12.7 Å². The molecule has 0 radical (unpaired) electrons. The number of aliphatic imine (C=N–C) groups is 1. The van der Waals surface area contributed by atoms with Crippen LogP contribution in [0.25, 0.3) is 0 Å². The van der Waals surface area contributed by atoms with Crippen molar-refractivity contribution in [1.82, 2.24) is 15.4 Å². The number of guanidine groups is 1. The van der Waals surface area contributed by atoms with E-state index in [2.05, 4.69) is 25.2 Å². The minimum atomic E-state index is -3.18. The Morgan fingerprint density at radius 2 is 2.11 bits per heavy atom. The van der Waals surface area contributed by atoms with E-state index in [1.165, 1.54) is 6.07 Å². The number of sulfonamides is 1. The number of halogens is 2. The number of piperidine rings is 1. The normalized spacial score (nSPS) is 18.0. The van der Waals surface area contributed by atoms with Crippen LogP contribution in [0.3, 0.4) is 0 Å². The molecule has 27 heavy (non-hydrogen) atoms. The average molecular weight is 513 g/mol. The lowest BCUT2D eigenvalue weighted by atomic mass is 10.0. The van der Waals surface area contributed by atoms with Crippen molar-refractivity contribution in [3.8, 4) is 0 Å². The quantitative estimate of drug-likeness (QED) is 0.232. The van der Waals surface area contributed by atoms with Crippen molar-refractivity contribution in [3.05, 3.63) is 29.6 Å². The van der Waals surface area contributed by atoms with E-state index >= 15 is 0 Å². The molecular weight excluding hydrogens is 484 g/mol. The van der Waals surface area contributed by atoms with Crippen LogP contribution < -0.4 is 20.3 Å². The second kappa shape index (κ2) is 11.0. The van der Waals surface area contributed by atoms with Gasteiger partial charge >= 0.3 is 0 Å². The second-order valence-electron chi connectivity index (χ2n) is 6.53. The summed E-state index contributed by atoms with van der Waals surface area (Å²) in [6.45, 7) is 4.40. The van der Waals surface area contributed by atoms with Gasteiger partial charge in [0.2, 0.25) is 10.0 Å². The Labute approximate surface area is 178 Å². The van der Waals surface area contributed by atoms with E-state index in [-0.39, 0.29) is 35.8 Å². The summed E-state index contributed by atoms with van der Waals surface area (Å²) in [4.78, 5) is 6.45. The Bertz CT molecular complexity index is 745. The van der Waals surface area contributed by atoms with Crippen molar-refractivity contribution in [2.24, 2.45) is 4.99 Å². The lowest BCUT2D eigenvalue weighted by Gasteiger charge is -2.36. The van der Waals surface area contributed by atoms with Crippen LogP contribution in [0.5, 0.6) is 0 Å². The first-order chi connectivity index (χ1) is 12.3. The monoisotopic (exact) mass is 513 g/mol. The van der Waals surface area contributed by atoms with Crippen molar-refractivity contribution in [2.45, 2.75) is 25.8 Å². The van der Waals surface area contributed by atoms with Crippen LogP contribution >= 0.6 is 24.0 Å². The summed E-state index contributed by atoms with van der Waals surface area (Å²) in [6, 6.07) is 5.09. The van der Waals surface area contributed by atoms with Gasteiger partial charge < -0.3 is 15.5 Å². The molecule has 10 heteroatoms. The fraction of sp³-hybridized carbons (Fsp3) is 0.588. The van der Waals surface area contributed by atoms with Crippen LogP contribution in [0.15, 0.2) is 23.2 Å². The molecule has 1 unspecified atom stereocenters. The summed E-state index contributed by atoms with van der Waals surface area (Å²) in [6.07, 6.45) is 3.17. The van der Waals surface area contributed by atoms with Gasteiger partial charge in [-0.3, -0.25) is 4.99 Å². The molecular formula is C17H29FIN5O2S. The molecule has 1 aliphatic rings. The average Bonchev–Trinajstić information content (AvgIpc) is 2.57. The molecule has 1 atom stereocenters. The van der Waals surface area contributed by atoms with E-state index in [0.717, 1.165) is 43.4 Å². The molecule has 154 valence electrons. The molecule has 1 saturated heterocycles. The number of nitrogens with zero attached hydrogens (tertiary/aromatic N) is 2. The number of rotatable bonds is 6. The van der Waals surface area contributed by atoms with Gasteiger partial charge in [-0.05, 0) is 43.5 Å². The summed E-state index contributed by atoms with van der Waals surface area (Å²) in [7, 11) is -1.50. The largest absolute Gasteiger partial charge is 0.369 e. The van der Waals surface area contributed by atoms with E-state index in [4.69, 9.17) is 0 Å². The maximum Gasteiger partial charge on any atom is 0.208 e. The summed E-state index contributed by atoms with van der Waals surface area (Å²) >= 11 is 0. The zero-order chi connectivity index (χ0) is 19.2. The Kier molecular flexibility index (Phi) is 9.74. The number of hydrogen-bond donors (Lipinski definition) is 3. The summed E-state index contributed by atoms with van der Waals surface area (Å²) in [5.41, 5.74) is 1.98. The molecule has 2 rings (SSSR count). The van der Waals surface area contributed by atoms with Gasteiger partial charge in [-0.2, -0.15) is 0 Å². The maximum absolute atomic E-state index is 13.3. The van der Waals surface area contributed by atoms with Crippen molar-refractivity contribution in [3.63, 3.8) is 0 Å². The molecule has 0 aromatic heterocycles. The number of benzene rings is 1. The molecule has 7 nitrogen and oxygen atoms in total. The Hall–Kier alpha value is -1.14. The summed E-state index contributed by atoms with van der Waals surface area (Å²) < 4.78 is 37.9. The standard InChI is InChI=1S/C17H28FN5O2S.HI/c1-13-11-14(18)6-7-16(13)23-10-4-5-15(12-23)22-17(19-2)20-8-9-21-26(3,24)25;/h6-7,11,15,21H,4-5,8-10,12H2,1-3H3,(H2,19,20,22);1H. The molecule has 0 saturated carbocycles. The highest BCUT2D eigenvalue weighted by Gasteiger charge is 2.22. The van der Waals surface area contributed by atoms with Crippen LogP contribution in [0.4, 0.5) is 10.1 Å². The number of aryl methyl sites for hydroxylation is 1. The molecule has 1 fully saturated rings. The molecule has 0 bridgehead atoms. The van der Waals surface area contributed by atoms with Gasteiger partial charge in [0.25, 0.3) is 0 Å². The lowest BCUT2D eigenvalue weighted by molar-refractivity contribution is 0.467. The van der Waals surface area contributed by atoms with Crippen molar-refractivity contribution < 1.29 is 12.8 Å². The zero-order valence-corrected chi connectivity index (χ0v) is 19.1. The minimum Gasteiger partial charge on any atom is -0.369 e. The molecule has 0 spiro atoms. The van der Waals surface area contributed by atoms with Crippen LogP contribution in [0.2, 0.25) is 0 Å².